The third kappa shape index (κ3) is 2.72. The molecule has 0 radical (unpaired) electrons. The number of hydrogen-bond acceptors (Lipinski definition) is 4. The van der Waals surface area contributed by atoms with E-state index in [1.165, 1.54) is 0 Å². The quantitative estimate of drug-likeness (QED) is 0.619. The molecule has 5 heteroatoms. The highest BCUT2D eigenvalue weighted by Gasteiger charge is 2.28. The number of anilines is 1. The van der Waals surface area contributed by atoms with E-state index in [9.17, 15) is 0 Å². The second-order valence-corrected chi connectivity index (χ2v) is 6.64. The van der Waals surface area contributed by atoms with Crippen molar-refractivity contribution in [1.82, 2.24) is 4.98 Å². The summed E-state index contributed by atoms with van der Waals surface area (Å²) in [5.74, 6) is 1.21. The first-order valence-electron chi connectivity index (χ1n) is 5.67. The number of nitrogens with zero attached hydrogens (tertiary/aromatic N) is 2. The molecule has 0 amide bonds. The Bertz CT molecular complexity index is 430. The zero-order chi connectivity index (χ0) is 12.5. The van der Waals surface area contributed by atoms with Gasteiger partial charge >= 0.3 is 0 Å². The van der Waals surface area contributed by atoms with Gasteiger partial charge in [-0.15, -0.1) is 0 Å². The molecular weight excluding hydrogens is 232 g/mol. The fourth-order valence-corrected chi connectivity index (χ4v) is 3.20. The van der Waals surface area contributed by atoms with Crippen molar-refractivity contribution in [3.05, 3.63) is 24.0 Å². The molecular formula is C12H18N4S. The Kier molecular flexibility index (Phi) is 3.28. The van der Waals surface area contributed by atoms with Gasteiger partial charge in [0.25, 0.3) is 0 Å². The van der Waals surface area contributed by atoms with Crippen LogP contribution in [0.1, 0.15) is 19.4 Å². The molecule has 0 aromatic carbocycles. The number of thioether (sulfide) groups is 1. The first-order valence-corrected chi connectivity index (χ1v) is 6.65. The lowest BCUT2D eigenvalue weighted by Crippen LogP contribution is -2.44. The minimum absolute atomic E-state index is 0.110. The average Bonchev–Trinajstić information content (AvgIpc) is 2.27. The molecule has 4 nitrogen and oxygen atoms in total. The molecule has 0 spiro atoms. The maximum Gasteiger partial charge on any atom is 0.125 e. The van der Waals surface area contributed by atoms with Gasteiger partial charge in [0.2, 0.25) is 0 Å². The summed E-state index contributed by atoms with van der Waals surface area (Å²) in [5, 5.41) is 7.61. The van der Waals surface area contributed by atoms with Gasteiger partial charge in [-0.1, -0.05) is 0 Å². The molecule has 1 aliphatic heterocycles. The number of aromatic nitrogens is 1. The molecule has 1 aliphatic rings. The monoisotopic (exact) mass is 250 g/mol. The van der Waals surface area contributed by atoms with Crippen LogP contribution in [-0.4, -0.2) is 34.4 Å². The topological polar surface area (TPSA) is 66.0 Å². The normalized spacial score (nSPS) is 19.1. The van der Waals surface area contributed by atoms with Crippen LogP contribution in [0.15, 0.2) is 18.5 Å². The molecule has 1 aromatic heterocycles. The van der Waals surface area contributed by atoms with E-state index >= 15 is 0 Å². The molecule has 0 saturated carbocycles. The molecule has 2 rings (SSSR count). The fourth-order valence-electron chi connectivity index (χ4n) is 2.09. The maximum atomic E-state index is 7.61. The summed E-state index contributed by atoms with van der Waals surface area (Å²) in [6.07, 6.45) is 3.49. The number of rotatable bonds is 2. The van der Waals surface area contributed by atoms with Crippen LogP contribution >= 0.6 is 11.8 Å². The number of nitrogen functional groups attached to an aromatic ring is 1. The van der Waals surface area contributed by atoms with Gasteiger partial charge in [0, 0.05) is 35.3 Å². The molecule has 92 valence electrons. The number of nitrogens with two attached hydrogens (primary N) is 1. The van der Waals surface area contributed by atoms with Crippen molar-refractivity contribution in [2.24, 2.45) is 5.73 Å². The van der Waals surface area contributed by atoms with E-state index in [0.717, 1.165) is 30.1 Å². The summed E-state index contributed by atoms with van der Waals surface area (Å²) in [4.78, 5) is 6.43. The highest BCUT2D eigenvalue weighted by atomic mass is 32.2. The average molecular weight is 250 g/mol. The van der Waals surface area contributed by atoms with Crippen LogP contribution in [0.4, 0.5) is 5.69 Å². The van der Waals surface area contributed by atoms with Gasteiger partial charge in [-0.05, 0) is 19.9 Å². The first kappa shape index (κ1) is 12.2. The standard InChI is InChI=1S/C12H18N4S/c1-12(2)8-16(5-6-17-12)10-7-15-4-3-9(10)11(13)14/h3-4,7H,5-6,8H2,1-2H3,(H3,13,14). The molecule has 0 unspecified atom stereocenters. The Morgan fingerprint density at radius 3 is 3.00 bits per heavy atom. The van der Waals surface area contributed by atoms with E-state index in [-0.39, 0.29) is 10.6 Å². The predicted octanol–water partition coefficient (Wildman–Crippen LogP) is 1.70. The van der Waals surface area contributed by atoms with Crippen molar-refractivity contribution in [2.75, 3.05) is 23.7 Å². The lowest BCUT2D eigenvalue weighted by molar-refractivity contribution is 0.646. The minimum Gasteiger partial charge on any atom is -0.384 e. The van der Waals surface area contributed by atoms with E-state index in [4.69, 9.17) is 11.1 Å². The highest BCUT2D eigenvalue weighted by molar-refractivity contribution is 8.00. The Morgan fingerprint density at radius 1 is 1.59 bits per heavy atom. The lowest BCUT2D eigenvalue weighted by atomic mass is 10.1. The highest BCUT2D eigenvalue weighted by Crippen LogP contribution is 2.33. The summed E-state index contributed by atoms with van der Waals surface area (Å²) < 4.78 is 0.238. The largest absolute Gasteiger partial charge is 0.384 e. The Balaban J connectivity index is 2.30. The Hall–Kier alpha value is -1.23. The minimum atomic E-state index is 0.110. The third-order valence-electron chi connectivity index (χ3n) is 2.86. The summed E-state index contributed by atoms with van der Waals surface area (Å²) in [5.41, 5.74) is 7.37. The van der Waals surface area contributed by atoms with Crippen LogP contribution in [0.3, 0.4) is 0 Å². The van der Waals surface area contributed by atoms with Crippen LogP contribution in [0.25, 0.3) is 0 Å². The van der Waals surface area contributed by atoms with Gasteiger partial charge < -0.3 is 10.6 Å². The molecule has 0 atom stereocenters. The summed E-state index contributed by atoms with van der Waals surface area (Å²) in [6, 6.07) is 1.81. The molecule has 1 aromatic rings. The zero-order valence-electron chi connectivity index (χ0n) is 10.2. The molecule has 3 N–H and O–H groups in total. The number of pyridine rings is 1. The smallest absolute Gasteiger partial charge is 0.125 e. The molecule has 0 aliphatic carbocycles. The van der Waals surface area contributed by atoms with Gasteiger partial charge in [0.1, 0.15) is 5.84 Å². The molecule has 0 bridgehead atoms. The van der Waals surface area contributed by atoms with Crippen LogP contribution in [0.2, 0.25) is 0 Å². The zero-order valence-corrected chi connectivity index (χ0v) is 11.0. The molecule has 1 fully saturated rings. The Morgan fingerprint density at radius 2 is 2.35 bits per heavy atom. The van der Waals surface area contributed by atoms with E-state index in [1.54, 1.807) is 6.20 Å². The van der Waals surface area contributed by atoms with Crippen LogP contribution in [0, 0.1) is 5.41 Å². The van der Waals surface area contributed by atoms with Crippen LogP contribution in [-0.2, 0) is 0 Å². The summed E-state index contributed by atoms with van der Waals surface area (Å²) in [6.45, 7) is 6.44. The van der Waals surface area contributed by atoms with Crippen molar-refractivity contribution < 1.29 is 0 Å². The summed E-state index contributed by atoms with van der Waals surface area (Å²) >= 11 is 1.99. The second-order valence-electron chi connectivity index (χ2n) is 4.84. The molecule has 1 saturated heterocycles. The lowest BCUT2D eigenvalue weighted by Gasteiger charge is -2.39. The second kappa shape index (κ2) is 4.56. The maximum absolute atomic E-state index is 7.61. The third-order valence-corrected chi connectivity index (χ3v) is 4.15. The van der Waals surface area contributed by atoms with Crippen molar-refractivity contribution >= 4 is 23.3 Å². The first-order chi connectivity index (χ1) is 7.99. The number of hydrogen-bond donors (Lipinski definition) is 2. The van der Waals surface area contributed by atoms with Crippen molar-refractivity contribution in [1.29, 1.82) is 5.41 Å². The van der Waals surface area contributed by atoms with Crippen molar-refractivity contribution in [3.8, 4) is 0 Å². The van der Waals surface area contributed by atoms with Gasteiger partial charge in [-0.3, -0.25) is 10.4 Å². The van der Waals surface area contributed by atoms with Gasteiger partial charge in [-0.2, -0.15) is 11.8 Å². The van der Waals surface area contributed by atoms with E-state index in [2.05, 4.69) is 23.7 Å². The van der Waals surface area contributed by atoms with E-state index < -0.39 is 0 Å². The van der Waals surface area contributed by atoms with E-state index in [0.29, 0.717) is 0 Å². The molecule has 17 heavy (non-hydrogen) atoms. The fraction of sp³-hybridized carbons (Fsp3) is 0.500. The van der Waals surface area contributed by atoms with Crippen molar-refractivity contribution in [3.63, 3.8) is 0 Å². The Labute approximate surface area is 106 Å². The SMILES string of the molecule is CC1(C)CN(c2cnccc2C(=N)N)CCS1. The van der Waals surface area contributed by atoms with Gasteiger partial charge in [-0.25, -0.2) is 0 Å². The summed E-state index contributed by atoms with van der Waals surface area (Å²) in [7, 11) is 0. The number of nitrogens with one attached hydrogen (secondary N) is 1. The van der Waals surface area contributed by atoms with Gasteiger partial charge in [0.05, 0.1) is 11.9 Å². The molecule has 2 heterocycles. The van der Waals surface area contributed by atoms with E-state index in [1.807, 2.05) is 24.0 Å². The number of amidine groups is 1. The van der Waals surface area contributed by atoms with Gasteiger partial charge in [0.15, 0.2) is 0 Å². The van der Waals surface area contributed by atoms with Crippen molar-refractivity contribution in [2.45, 2.75) is 18.6 Å². The van der Waals surface area contributed by atoms with Crippen LogP contribution in [0.5, 0.6) is 0 Å². The van der Waals surface area contributed by atoms with Crippen LogP contribution < -0.4 is 10.6 Å². The predicted molar refractivity (Wildman–Crippen MR) is 74.0 cm³/mol.